The van der Waals surface area contributed by atoms with Gasteiger partial charge in [0.25, 0.3) is 0 Å². The van der Waals surface area contributed by atoms with Crippen molar-refractivity contribution in [2.45, 2.75) is 44.9 Å². The van der Waals surface area contributed by atoms with E-state index in [2.05, 4.69) is 0 Å². The van der Waals surface area contributed by atoms with Crippen molar-refractivity contribution in [1.29, 1.82) is 0 Å². The Hall–Kier alpha value is -0.130. The Kier molecular flexibility index (Phi) is 5.77. The van der Waals surface area contributed by atoms with E-state index < -0.39 is 9.84 Å². The molecule has 1 unspecified atom stereocenters. The molecule has 0 aliphatic rings. The maximum Gasteiger partial charge on any atom is 0.154 e. The van der Waals surface area contributed by atoms with Crippen LogP contribution in [0.25, 0.3) is 0 Å². The second-order valence-corrected chi connectivity index (χ2v) is 7.15. The Balaban J connectivity index is 3.83. The standard InChI is InChI=1S/C10H23NO3S/c1-5-10(4,11)8-14-6-7-15(12,13)9(2)3/h9H,5-8,11H2,1-4H3. The average Bonchev–Trinajstić information content (AvgIpc) is 2.12. The zero-order valence-corrected chi connectivity index (χ0v) is 10.9. The Labute approximate surface area is 93.1 Å². The van der Waals surface area contributed by atoms with Gasteiger partial charge in [-0.05, 0) is 27.2 Å². The molecule has 0 aromatic rings. The second kappa shape index (κ2) is 5.82. The topological polar surface area (TPSA) is 69.4 Å². The Morgan fingerprint density at radius 2 is 1.93 bits per heavy atom. The van der Waals surface area contributed by atoms with Crippen molar-refractivity contribution in [1.82, 2.24) is 0 Å². The summed E-state index contributed by atoms with van der Waals surface area (Å²) >= 11 is 0. The van der Waals surface area contributed by atoms with Crippen molar-refractivity contribution >= 4 is 9.84 Å². The van der Waals surface area contributed by atoms with Gasteiger partial charge in [0.15, 0.2) is 9.84 Å². The molecule has 0 amide bonds. The fourth-order valence-corrected chi connectivity index (χ4v) is 1.64. The van der Waals surface area contributed by atoms with Crippen LogP contribution in [0.5, 0.6) is 0 Å². The van der Waals surface area contributed by atoms with Gasteiger partial charge in [0.2, 0.25) is 0 Å². The summed E-state index contributed by atoms with van der Waals surface area (Å²) in [6.07, 6.45) is 0.809. The smallest absolute Gasteiger partial charge is 0.154 e. The summed E-state index contributed by atoms with van der Waals surface area (Å²) in [5.41, 5.74) is 5.49. The third-order valence-corrected chi connectivity index (χ3v) is 4.64. The van der Waals surface area contributed by atoms with E-state index in [4.69, 9.17) is 10.5 Å². The summed E-state index contributed by atoms with van der Waals surface area (Å²) in [5, 5.41) is -0.337. The lowest BCUT2D eigenvalue weighted by Crippen LogP contribution is -2.40. The zero-order valence-electron chi connectivity index (χ0n) is 10.1. The first-order valence-electron chi connectivity index (χ1n) is 5.29. The predicted octanol–water partition coefficient (Wildman–Crippen LogP) is 0.954. The van der Waals surface area contributed by atoms with Gasteiger partial charge >= 0.3 is 0 Å². The summed E-state index contributed by atoms with van der Waals surface area (Å²) < 4.78 is 28.1. The molecule has 5 heteroatoms. The molecule has 2 N–H and O–H groups in total. The van der Waals surface area contributed by atoms with Crippen LogP contribution >= 0.6 is 0 Å². The van der Waals surface area contributed by atoms with Gasteiger partial charge in [0, 0.05) is 5.54 Å². The monoisotopic (exact) mass is 237 g/mol. The molecule has 4 nitrogen and oxygen atoms in total. The third kappa shape index (κ3) is 6.12. The van der Waals surface area contributed by atoms with E-state index in [1.807, 2.05) is 13.8 Å². The summed E-state index contributed by atoms with van der Waals surface area (Å²) in [6.45, 7) is 7.85. The molecule has 15 heavy (non-hydrogen) atoms. The van der Waals surface area contributed by atoms with Gasteiger partial charge in [-0.1, -0.05) is 6.92 Å². The van der Waals surface area contributed by atoms with Crippen LogP contribution in [0.1, 0.15) is 34.1 Å². The molecule has 0 spiro atoms. The van der Waals surface area contributed by atoms with Crippen LogP contribution in [0.4, 0.5) is 0 Å². The lowest BCUT2D eigenvalue weighted by Gasteiger charge is -2.22. The molecule has 0 radical (unpaired) electrons. The third-order valence-electron chi connectivity index (χ3n) is 2.47. The van der Waals surface area contributed by atoms with Crippen LogP contribution in [0.15, 0.2) is 0 Å². The van der Waals surface area contributed by atoms with Crippen molar-refractivity contribution in [3.8, 4) is 0 Å². The number of nitrogens with two attached hydrogens (primary N) is 1. The second-order valence-electron chi connectivity index (χ2n) is 4.48. The highest BCUT2D eigenvalue weighted by atomic mass is 32.2. The van der Waals surface area contributed by atoms with Crippen LogP contribution < -0.4 is 5.73 Å². The van der Waals surface area contributed by atoms with Crippen LogP contribution in [0, 0.1) is 0 Å². The van der Waals surface area contributed by atoms with E-state index >= 15 is 0 Å². The fraction of sp³-hybridized carbons (Fsp3) is 1.00. The molecule has 0 heterocycles. The van der Waals surface area contributed by atoms with Crippen LogP contribution in [0.2, 0.25) is 0 Å². The molecule has 0 aromatic heterocycles. The van der Waals surface area contributed by atoms with Crippen molar-refractivity contribution < 1.29 is 13.2 Å². The number of rotatable bonds is 7. The molecule has 0 saturated carbocycles. The predicted molar refractivity (Wildman–Crippen MR) is 62.6 cm³/mol. The highest BCUT2D eigenvalue weighted by molar-refractivity contribution is 7.91. The minimum atomic E-state index is -2.99. The quantitative estimate of drug-likeness (QED) is 0.669. The Morgan fingerprint density at radius 1 is 1.40 bits per heavy atom. The van der Waals surface area contributed by atoms with Crippen LogP contribution in [-0.2, 0) is 14.6 Å². The number of hydrogen-bond acceptors (Lipinski definition) is 4. The van der Waals surface area contributed by atoms with Crippen molar-refractivity contribution in [2.24, 2.45) is 5.73 Å². The normalized spacial score (nSPS) is 16.7. The Bertz CT molecular complexity index is 270. The molecule has 0 fully saturated rings. The minimum Gasteiger partial charge on any atom is -0.379 e. The maximum absolute atomic E-state index is 11.4. The zero-order chi connectivity index (χ0) is 12.1. The van der Waals surface area contributed by atoms with E-state index in [1.165, 1.54) is 0 Å². The molecular formula is C10H23NO3S. The molecule has 0 saturated heterocycles. The molecule has 92 valence electrons. The highest BCUT2D eigenvalue weighted by Gasteiger charge is 2.18. The van der Waals surface area contributed by atoms with Crippen molar-refractivity contribution in [3.05, 3.63) is 0 Å². The molecule has 0 aromatic carbocycles. The molecular weight excluding hydrogens is 214 g/mol. The number of ether oxygens (including phenoxy) is 1. The number of hydrogen-bond donors (Lipinski definition) is 1. The van der Waals surface area contributed by atoms with Crippen molar-refractivity contribution in [3.63, 3.8) is 0 Å². The summed E-state index contributed by atoms with van der Waals surface area (Å²) in [7, 11) is -2.99. The first-order valence-corrected chi connectivity index (χ1v) is 7.01. The maximum atomic E-state index is 11.4. The first-order chi connectivity index (χ1) is 6.71. The molecule has 0 bridgehead atoms. The Morgan fingerprint density at radius 3 is 2.33 bits per heavy atom. The van der Waals surface area contributed by atoms with Gasteiger partial charge in [-0.15, -0.1) is 0 Å². The minimum absolute atomic E-state index is 0.0739. The SMILES string of the molecule is CCC(C)(N)COCCS(=O)(=O)C(C)C. The highest BCUT2D eigenvalue weighted by Crippen LogP contribution is 2.06. The summed E-state index contributed by atoms with van der Waals surface area (Å²) in [6, 6.07) is 0. The van der Waals surface area contributed by atoms with E-state index in [-0.39, 0.29) is 23.1 Å². The lowest BCUT2D eigenvalue weighted by molar-refractivity contribution is 0.101. The van der Waals surface area contributed by atoms with Crippen LogP contribution in [0.3, 0.4) is 0 Å². The summed E-state index contributed by atoms with van der Waals surface area (Å²) in [4.78, 5) is 0. The molecule has 0 aliphatic carbocycles. The number of sulfone groups is 1. The van der Waals surface area contributed by atoms with E-state index in [0.717, 1.165) is 6.42 Å². The van der Waals surface area contributed by atoms with Crippen LogP contribution in [-0.4, -0.2) is 38.2 Å². The van der Waals surface area contributed by atoms with Crippen molar-refractivity contribution in [2.75, 3.05) is 19.0 Å². The molecule has 1 atom stereocenters. The molecule has 0 aliphatic heterocycles. The van der Waals surface area contributed by atoms with Gasteiger partial charge in [-0.2, -0.15) is 0 Å². The van der Waals surface area contributed by atoms with Gasteiger partial charge in [0.1, 0.15) is 0 Å². The van der Waals surface area contributed by atoms with E-state index in [9.17, 15) is 8.42 Å². The lowest BCUT2D eigenvalue weighted by atomic mass is 10.0. The van der Waals surface area contributed by atoms with Gasteiger partial charge in [0.05, 0.1) is 24.2 Å². The summed E-state index contributed by atoms with van der Waals surface area (Å²) in [5.74, 6) is 0.0739. The molecule has 0 rings (SSSR count). The van der Waals surface area contributed by atoms with Gasteiger partial charge in [-0.3, -0.25) is 0 Å². The van der Waals surface area contributed by atoms with Gasteiger partial charge in [-0.25, -0.2) is 8.42 Å². The van der Waals surface area contributed by atoms with E-state index in [0.29, 0.717) is 6.61 Å². The average molecular weight is 237 g/mol. The van der Waals surface area contributed by atoms with E-state index in [1.54, 1.807) is 13.8 Å². The first kappa shape index (κ1) is 14.9. The van der Waals surface area contributed by atoms with Gasteiger partial charge < -0.3 is 10.5 Å². The fourth-order valence-electron chi connectivity index (χ4n) is 0.818. The largest absolute Gasteiger partial charge is 0.379 e.